The topological polar surface area (TPSA) is 54.0 Å². The van der Waals surface area contributed by atoms with Gasteiger partial charge in [0, 0.05) is 19.6 Å². The van der Waals surface area contributed by atoms with Gasteiger partial charge in [0.25, 0.3) is 0 Å². The van der Waals surface area contributed by atoms with E-state index in [9.17, 15) is 5.11 Å². The molecule has 0 amide bonds. The van der Waals surface area contributed by atoms with Crippen LogP contribution in [0, 0.1) is 0 Å². The Balaban J connectivity index is 1.87. The number of hydrogen-bond donors (Lipinski definition) is 2. The molecule has 1 aromatic rings. The molecular formula is C14H19BrN2O3. The first kappa shape index (κ1) is 14.1. The van der Waals surface area contributed by atoms with Crippen LogP contribution in [0.3, 0.4) is 0 Å². The Morgan fingerprint density at radius 2 is 2.20 bits per heavy atom. The van der Waals surface area contributed by atoms with Gasteiger partial charge in [-0.25, -0.2) is 0 Å². The number of nitrogens with zero attached hydrogens (tertiary/aromatic N) is 1. The van der Waals surface area contributed by atoms with Crippen molar-refractivity contribution < 1.29 is 14.6 Å². The van der Waals surface area contributed by atoms with Crippen molar-refractivity contribution in [3.63, 3.8) is 0 Å². The van der Waals surface area contributed by atoms with Crippen molar-refractivity contribution in [3.05, 3.63) is 22.2 Å². The second-order valence-corrected chi connectivity index (χ2v) is 5.93. The molecule has 0 spiro atoms. The molecule has 110 valence electrons. The van der Waals surface area contributed by atoms with E-state index in [0.29, 0.717) is 0 Å². The number of aliphatic hydroxyl groups is 1. The maximum atomic E-state index is 9.81. The number of aliphatic hydroxyl groups excluding tert-OH is 1. The van der Waals surface area contributed by atoms with E-state index in [1.807, 2.05) is 12.1 Å². The van der Waals surface area contributed by atoms with Crippen LogP contribution >= 0.6 is 15.9 Å². The fourth-order valence-corrected chi connectivity index (χ4v) is 3.36. The highest BCUT2D eigenvalue weighted by Crippen LogP contribution is 2.41. The SMILES string of the molecule is OCC(c1cc(Br)c2c(c1)OCO2)N1CCCNCC1. The Morgan fingerprint density at radius 3 is 3.05 bits per heavy atom. The van der Waals surface area contributed by atoms with Crippen molar-refractivity contribution in [1.82, 2.24) is 10.2 Å². The molecule has 20 heavy (non-hydrogen) atoms. The Labute approximate surface area is 127 Å². The van der Waals surface area contributed by atoms with Gasteiger partial charge in [0.05, 0.1) is 17.1 Å². The third-order valence-electron chi connectivity index (χ3n) is 3.82. The van der Waals surface area contributed by atoms with Crippen molar-refractivity contribution in [1.29, 1.82) is 0 Å². The van der Waals surface area contributed by atoms with Crippen LogP contribution in [0.1, 0.15) is 18.0 Å². The van der Waals surface area contributed by atoms with Gasteiger partial charge in [0.2, 0.25) is 6.79 Å². The normalized spacial score (nSPS) is 20.7. The van der Waals surface area contributed by atoms with Gasteiger partial charge in [-0.05, 0) is 46.6 Å². The molecule has 2 heterocycles. The molecule has 6 heteroatoms. The minimum absolute atomic E-state index is 0.000648. The highest BCUT2D eigenvalue weighted by atomic mass is 79.9. The van der Waals surface area contributed by atoms with E-state index in [-0.39, 0.29) is 19.4 Å². The van der Waals surface area contributed by atoms with Crippen LogP contribution < -0.4 is 14.8 Å². The minimum atomic E-state index is 0.000648. The summed E-state index contributed by atoms with van der Waals surface area (Å²) in [5.41, 5.74) is 1.06. The first-order valence-electron chi connectivity index (χ1n) is 6.94. The molecular weight excluding hydrogens is 324 g/mol. The standard InChI is InChI=1S/C14H19BrN2O3/c15-11-6-10(7-13-14(11)20-9-19-13)12(8-18)17-4-1-2-16-3-5-17/h6-7,12,16,18H,1-5,8-9H2. The number of nitrogens with one attached hydrogen (secondary N) is 1. The molecule has 1 unspecified atom stereocenters. The molecule has 2 aliphatic rings. The highest BCUT2D eigenvalue weighted by Gasteiger charge is 2.25. The average molecular weight is 343 g/mol. The summed E-state index contributed by atoms with van der Waals surface area (Å²) in [5, 5.41) is 13.2. The summed E-state index contributed by atoms with van der Waals surface area (Å²) < 4.78 is 11.8. The van der Waals surface area contributed by atoms with Crippen molar-refractivity contribution in [3.8, 4) is 11.5 Å². The van der Waals surface area contributed by atoms with Gasteiger partial charge in [0.1, 0.15) is 0 Å². The zero-order valence-corrected chi connectivity index (χ0v) is 12.9. The third kappa shape index (κ3) is 2.79. The Morgan fingerprint density at radius 1 is 1.30 bits per heavy atom. The van der Waals surface area contributed by atoms with Gasteiger partial charge >= 0.3 is 0 Å². The highest BCUT2D eigenvalue weighted by molar-refractivity contribution is 9.10. The summed E-state index contributed by atoms with van der Waals surface area (Å²) >= 11 is 3.52. The van der Waals surface area contributed by atoms with Gasteiger partial charge < -0.3 is 19.9 Å². The predicted molar refractivity (Wildman–Crippen MR) is 79.2 cm³/mol. The monoisotopic (exact) mass is 342 g/mol. The fraction of sp³-hybridized carbons (Fsp3) is 0.571. The first-order chi connectivity index (χ1) is 9.79. The number of benzene rings is 1. The van der Waals surface area contributed by atoms with Crippen LogP contribution in [-0.4, -0.2) is 49.6 Å². The minimum Gasteiger partial charge on any atom is -0.454 e. The molecule has 1 saturated heterocycles. The van der Waals surface area contributed by atoms with E-state index < -0.39 is 0 Å². The Hall–Kier alpha value is -0.820. The van der Waals surface area contributed by atoms with Crippen LogP contribution in [0.2, 0.25) is 0 Å². The van der Waals surface area contributed by atoms with E-state index >= 15 is 0 Å². The zero-order valence-electron chi connectivity index (χ0n) is 11.3. The molecule has 2 aliphatic heterocycles. The van der Waals surface area contributed by atoms with E-state index in [0.717, 1.165) is 54.1 Å². The number of ether oxygens (including phenoxy) is 2. The third-order valence-corrected chi connectivity index (χ3v) is 4.41. The molecule has 3 rings (SSSR count). The van der Waals surface area contributed by atoms with Crippen molar-refractivity contribution in [2.24, 2.45) is 0 Å². The van der Waals surface area contributed by atoms with E-state index in [1.54, 1.807) is 0 Å². The summed E-state index contributed by atoms with van der Waals surface area (Å²) in [4.78, 5) is 2.32. The van der Waals surface area contributed by atoms with Gasteiger partial charge in [-0.2, -0.15) is 0 Å². The lowest BCUT2D eigenvalue weighted by atomic mass is 10.0. The molecule has 0 bridgehead atoms. The summed E-state index contributed by atoms with van der Waals surface area (Å²) in [6.07, 6.45) is 1.10. The largest absolute Gasteiger partial charge is 0.454 e. The summed E-state index contributed by atoms with van der Waals surface area (Å²) in [6.45, 7) is 4.30. The summed E-state index contributed by atoms with van der Waals surface area (Å²) in [5.74, 6) is 1.50. The molecule has 5 nitrogen and oxygen atoms in total. The van der Waals surface area contributed by atoms with E-state index in [2.05, 4.69) is 26.1 Å². The quantitative estimate of drug-likeness (QED) is 0.871. The van der Waals surface area contributed by atoms with Gasteiger partial charge in [-0.15, -0.1) is 0 Å². The second-order valence-electron chi connectivity index (χ2n) is 5.07. The number of halogens is 1. The molecule has 0 aliphatic carbocycles. The number of hydrogen-bond acceptors (Lipinski definition) is 5. The molecule has 0 saturated carbocycles. The van der Waals surface area contributed by atoms with Crippen LogP contribution in [0.4, 0.5) is 0 Å². The molecule has 1 atom stereocenters. The maximum absolute atomic E-state index is 9.81. The van der Waals surface area contributed by atoms with Crippen molar-refractivity contribution in [2.75, 3.05) is 39.6 Å². The van der Waals surface area contributed by atoms with Crippen LogP contribution in [-0.2, 0) is 0 Å². The number of rotatable bonds is 3. The molecule has 0 aromatic heterocycles. The lowest BCUT2D eigenvalue weighted by Gasteiger charge is -2.29. The fourth-order valence-electron chi connectivity index (χ4n) is 2.79. The molecule has 1 fully saturated rings. The Kier molecular flexibility index (Phi) is 4.45. The van der Waals surface area contributed by atoms with Gasteiger partial charge in [0.15, 0.2) is 11.5 Å². The maximum Gasteiger partial charge on any atom is 0.231 e. The van der Waals surface area contributed by atoms with Crippen LogP contribution in [0.5, 0.6) is 11.5 Å². The van der Waals surface area contributed by atoms with Crippen LogP contribution in [0.25, 0.3) is 0 Å². The zero-order chi connectivity index (χ0) is 13.9. The molecule has 2 N–H and O–H groups in total. The average Bonchev–Trinajstić information content (AvgIpc) is 2.76. The smallest absolute Gasteiger partial charge is 0.231 e. The van der Waals surface area contributed by atoms with E-state index in [1.165, 1.54) is 0 Å². The van der Waals surface area contributed by atoms with Gasteiger partial charge in [-0.3, -0.25) is 4.90 Å². The predicted octanol–water partition coefficient (Wildman–Crippen LogP) is 1.51. The van der Waals surface area contributed by atoms with Crippen molar-refractivity contribution in [2.45, 2.75) is 12.5 Å². The molecule has 1 aromatic carbocycles. The van der Waals surface area contributed by atoms with E-state index in [4.69, 9.17) is 9.47 Å². The Bertz CT molecular complexity index is 476. The summed E-state index contributed by atoms with van der Waals surface area (Å²) in [6, 6.07) is 4.00. The first-order valence-corrected chi connectivity index (χ1v) is 7.73. The second kappa shape index (κ2) is 6.30. The van der Waals surface area contributed by atoms with Gasteiger partial charge in [-0.1, -0.05) is 0 Å². The lowest BCUT2D eigenvalue weighted by molar-refractivity contribution is 0.129. The van der Waals surface area contributed by atoms with Crippen molar-refractivity contribution >= 4 is 15.9 Å². The summed E-state index contributed by atoms with van der Waals surface area (Å²) in [7, 11) is 0. The lowest BCUT2D eigenvalue weighted by Crippen LogP contribution is -2.34. The van der Waals surface area contributed by atoms with Crippen LogP contribution in [0.15, 0.2) is 16.6 Å². The molecule has 0 radical (unpaired) electrons. The number of fused-ring (bicyclic) bond motifs is 1.